The molecule has 3 fully saturated rings. The summed E-state index contributed by atoms with van der Waals surface area (Å²) in [6, 6.07) is 4.82. The summed E-state index contributed by atoms with van der Waals surface area (Å²) < 4.78 is 27.5. The first kappa shape index (κ1) is 23.4. The van der Waals surface area contributed by atoms with Gasteiger partial charge >= 0.3 is 17.8 Å². The van der Waals surface area contributed by atoms with Gasteiger partial charge in [0.1, 0.15) is 6.54 Å². The highest BCUT2D eigenvalue weighted by molar-refractivity contribution is 7.89. The van der Waals surface area contributed by atoms with Crippen LogP contribution in [-0.4, -0.2) is 72.0 Å². The maximum Gasteiger partial charge on any atom is 0.334 e. The van der Waals surface area contributed by atoms with Crippen LogP contribution in [0.15, 0.2) is 29.2 Å². The smallest absolute Gasteiger partial charge is 0.324 e. The van der Waals surface area contributed by atoms with E-state index in [1.807, 2.05) is 0 Å². The number of imide groups is 2. The summed E-state index contributed by atoms with van der Waals surface area (Å²) in [5.74, 6) is -2.60. The molecule has 1 N–H and O–H groups in total. The predicted molar refractivity (Wildman–Crippen MR) is 119 cm³/mol. The molecule has 2 heterocycles. The highest BCUT2D eigenvalue weighted by Gasteiger charge is 2.48. The molecule has 1 aliphatic carbocycles. The molecule has 178 valence electrons. The van der Waals surface area contributed by atoms with Gasteiger partial charge < -0.3 is 5.32 Å². The fourth-order valence-electron chi connectivity index (χ4n) is 4.66. The van der Waals surface area contributed by atoms with Gasteiger partial charge in [-0.1, -0.05) is 31.7 Å². The molecule has 10 nitrogen and oxygen atoms in total. The molecule has 2 aliphatic heterocycles. The maximum atomic E-state index is 13.0. The van der Waals surface area contributed by atoms with E-state index in [9.17, 15) is 27.6 Å². The molecule has 4 rings (SSSR count). The third-order valence-electron chi connectivity index (χ3n) is 6.40. The molecule has 0 radical (unpaired) electrons. The molecule has 0 bridgehead atoms. The number of rotatable bonds is 6. The Morgan fingerprint density at radius 3 is 2.27 bits per heavy atom. The number of carbonyl (C=O) groups is 4. The lowest BCUT2D eigenvalue weighted by Gasteiger charge is -2.21. The molecule has 33 heavy (non-hydrogen) atoms. The van der Waals surface area contributed by atoms with Crippen molar-refractivity contribution in [3.63, 3.8) is 0 Å². The number of benzene rings is 1. The van der Waals surface area contributed by atoms with Crippen molar-refractivity contribution in [2.24, 2.45) is 0 Å². The molecule has 0 unspecified atom stereocenters. The van der Waals surface area contributed by atoms with E-state index >= 15 is 0 Å². The number of sulfonamides is 1. The minimum atomic E-state index is -3.70. The Balaban J connectivity index is 1.43. The zero-order valence-corrected chi connectivity index (χ0v) is 19.2. The minimum absolute atomic E-state index is 0.0677. The SMILES string of the molecule is O=C(CN1C(=O)C(=O)N(C2CCCC2)C1=O)Nc1cccc(S(=O)(=O)N2CCCCCC2)c1. The van der Waals surface area contributed by atoms with Crippen LogP contribution in [0.2, 0.25) is 0 Å². The quantitative estimate of drug-likeness (QED) is 0.494. The zero-order valence-electron chi connectivity index (χ0n) is 18.4. The molecular formula is C22H28N4O6S. The second-order valence-corrected chi connectivity index (χ2v) is 10.6. The number of carbonyl (C=O) groups excluding carboxylic acids is 4. The average Bonchev–Trinajstić information content (AvgIpc) is 3.25. The van der Waals surface area contributed by atoms with Crippen LogP contribution < -0.4 is 5.32 Å². The van der Waals surface area contributed by atoms with Gasteiger partial charge in [0, 0.05) is 24.8 Å². The lowest BCUT2D eigenvalue weighted by molar-refractivity contribution is -0.144. The maximum absolute atomic E-state index is 13.0. The van der Waals surface area contributed by atoms with Crippen molar-refractivity contribution >= 4 is 39.5 Å². The predicted octanol–water partition coefficient (Wildman–Crippen LogP) is 1.92. The van der Waals surface area contributed by atoms with Gasteiger partial charge in [-0.25, -0.2) is 18.1 Å². The number of anilines is 1. The number of hydrogen-bond donors (Lipinski definition) is 1. The summed E-state index contributed by atoms with van der Waals surface area (Å²) in [4.78, 5) is 51.5. The van der Waals surface area contributed by atoms with Gasteiger partial charge in [-0.3, -0.25) is 19.3 Å². The van der Waals surface area contributed by atoms with Crippen molar-refractivity contribution in [3.8, 4) is 0 Å². The van der Waals surface area contributed by atoms with Gasteiger partial charge in [-0.2, -0.15) is 4.31 Å². The van der Waals surface area contributed by atoms with Crippen LogP contribution in [0.5, 0.6) is 0 Å². The van der Waals surface area contributed by atoms with E-state index in [4.69, 9.17) is 0 Å². The molecule has 5 amide bonds. The second-order valence-electron chi connectivity index (χ2n) is 8.68. The van der Waals surface area contributed by atoms with Crippen LogP contribution in [0.4, 0.5) is 10.5 Å². The highest BCUT2D eigenvalue weighted by Crippen LogP contribution is 2.28. The zero-order chi connectivity index (χ0) is 23.6. The van der Waals surface area contributed by atoms with Gasteiger partial charge in [0.2, 0.25) is 15.9 Å². The van der Waals surface area contributed by atoms with Crippen molar-refractivity contribution in [2.75, 3.05) is 25.0 Å². The van der Waals surface area contributed by atoms with E-state index in [2.05, 4.69) is 5.32 Å². The van der Waals surface area contributed by atoms with Crippen molar-refractivity contribution < 1.29 is 27.6 Å². The number of nitrogens with one attached hydrogen (secondary N) is 1. The number of urea groups is 1. The molecule has 0 atom stereocenters. The largest absolute Gasteiger partial charge is 0.334 e. The lowest BCUT2D eigenvalue weighted by Crippen LogP contribution is -2.41. The Kier molecular flexibility index (Phi) is 6.80. The van der Waals surface area contributed by atoms with E-state index < -0.39 is 40.3 Å². The normalized spacial score (nSPS) is 21.0. The van der Waals surface area contributed by atoms with Crippen molar-refractivity contribution in [1.82, 2.24) is 14.1 Å². The van der Waals surface area contributed by atoms with Crippen molar-refractivity contribution in [2.45, 2.75) is 62.3 Å². The summed E-state index contributed by atoms with van der Waals surface area (Å²) in [5.41, 5.74) is 0.231. The minimum Gasteiger partial charge on any atom is -0.324 e. The lowest BCUT2D eigenvalue weighted by atomic mass is 10.2. The fourth-order valence-corrected chi connectivity index (χ4v) is 6.22. The van der Waals surface area contributed by atoms with Crippen LogP contribution in [0, 0.1) is 0 Å². The van der Waals surface area contributed by atoms with E-state index in [0.29, 0.717) is 30.8 Å². The second kappa shape index (κ2) is 9.60. The molecule has 2 saturated heterocycles. The van der Waals surface area contributed by atoms with E-state index in [1.165, 1.54) is 28.6 Å². The summed E-state index contributed by atoms with van der Waals surface area (Å²) in [6.45, 7) is 0.309. The van der Waals surface area contributed by atoms with Crippen LogP contribution in [0.3, 0.4) is 0 Å². The molecule has 0 aromatic heterocycles. The molecule has 1 aromatic carbocycles. The Morgan fingerprint density at radius 1 is 0.939 bits per heavy atom. The number of amides is 5. The molecule has 1 saturated carbocycles. The standard InChI is InChI=1S/C22H28N4O6S/c27-19(15-25-20(28)21(29)26(22(25)30)17-9-3-4-10-17)23-16-8-7-11-18(14-16)33(31,32)24-12-5-1-2-6-13-24/h7-8,11,14,17H,1-6,9-10,12-13,15H2,(H,23,27). The average molecular weight is 477 g/mol. The van der Waals surface area contributed by atoms with Crippen LogP contribution in [0.1, 0.15) is 51.4 Å². The van der Waals surface area contributed by atoms with Gasteiger partial charge in [0.05, 0.1) is 4.90 Å². The molecule has 1 aromatic rings. The first-order chi connectivity index (χ1) is 15.8. The van der Waals surface area contributed by atoms with Gasteiger partial charge in [-0.05, 0) is 43.9 Å². The van der Waals surface area contributed by atoms with Crippen molar-refractivity contribution in [1.29, 1.82) is 0 Å². The molecular weight excluding hydrogens is 448 g/mol. The van der Waals surface area contributed by atoms with E-state index in [0.717, 1.165) is 43.4 Å². The van der Waals surface area contributed by atoms with Crippen molar-refractivity contribution in [3.05, 3.63) is 24.3 Å². The first-order valence-electron chi connectivity index (χ1n) is 11.4. The summed E-state index contributed by atoms with van der Waals surface area (Å²) in [7, 11) is -3.70. The Hall–Kier alpha value is -2.79. The van der Waals surface area contributed by atoms with Gasteiger partial charge in [-0.15, -0.1) is 0 Å². The Morgan fingerprint density at radius 2 is 1.61 bits per heavy atom. The van der Waals surface area contributed by atoms with Gasteiger partial charge in [0.25, 0.3) is 0 Å². The van der Waals surface area contributed by atoms with E-state index in [1.54, 1.807) is 0 Å². The summed E-state index contributed by atoms with van der Waals surface area (Å²) in [5, 5.41) is 2.54. The Bertz CT molecular complexity index is 1060. The van der Waals surface area contributed by atoms with E-state index in [-0.39, 0.29) is 16.6 Å². The number of hydrogen-bond acceptors (Lipinski definition) is 6. The molecule has 3 aliphatic rings. The Labute approximate surface area is 192 Å². The monoisotopic (exact) mass is 476 g/mol. The fraction of sp³-hybridized carbons (Fsp3) is 0.545. The van der Waals surface area contributed by atoms with Crippen LogP contribution >= 0.6 is 0 Å². The van der Waals surface area contributed by atoms with Gasteiger partial charge in [0.15, 0.2) is 0 Å². The van der Waals surface area contributed by atoms with Crippen LogP contribution in [-0.2, 0) is 24.4 Å². The molecule has 0 spiro atoms. The third kappa shape index (κ3) is 4.79. The van der Waals surface area contributed by atoms with Crippen LogP contribution in [0.25, 0.3) is 0 Å². The highest BCUT2D eigenvalue weighted by atomic mass is 32.2. The first-order valence-corrected chi connectivity index (χ1v) is 12.8. The summed E-state index contributed by atoms with van der Waals surface area (Å²) in [6.07, 6.45) is 6.69. The topological polar surface area (TPSA) is 124 Å². The molecule has 11 heteroatoms. The third-order valence-corrected chi connectivity index (χ3v) is 8.29. The number of nitrogens with zero attached hydrogens (tertiary/aromatic N) is 3. The summed E-state index contributed by atoms with van der Waals surface area (Å²) >= 11 is 0.